The number of halogens is 3. The van der Waals surface area contributed by atoms with Crippen LogP contribution in [0.15, 0.2) is 48.5 Å². The van der Waals surface area contributed by atoms with Gasteiger partial charge in [0.25, 0.3) is 5.91 Å². The number of rotatable bonds is 7. The van der Waals surface area contributed by atoms with Crippen LogP contribution in [0.25, 0.3) is 0 Å². The van der Waals surface area contributed by atoms with Gasteiger partial charge in [0, 0.05) is 13.1 Å². The fraction of sp³-hybridized carbons (Fsp3) is 0.320. The Hall–Kier alpha value is -3.82. The summed E-state index contributed by atoms with van der Waals surface area (Å²) in [7, 11) is 0. The number of hydrogen-bond donors (Lipinski definition) is 2. The van der Waals surface area contributed by atoms with Gasteiger partial charge in [-0.2, -0.15) is 18.3 Å². The van der Waals surface area contributed by atoms with Crippen molar-refractivity contribution in [1.82, 2.24) is 15.1 Å². The third-order valence-electron chi connectivity index (χ3n) is 6.07. The van der Waals surface area contributed by atoms with E-state index >= 15 is 0 Å². The predicted octanol–water partition coefficient (Wildman–Crippen LogP) is 4.67. The van der Waals surface area contributed by atoms with Gasteiger partial charge in [0.1, 0.15) is 11.4 Å². The number of benzene rings is 2. The van der Waals surface area contributed by atoms with E-state index in [1.165, 1.54) is 18.2 Å². The number of carboxylic acids is 1. The summed E-state index contributed by atoms with van der Waals surface area (Å²) >= 11 is 0. The van der Waals surface area contributed by atoms with Gasteiger partial charge in [-0.3, -0.25) is 4.79 Å². The summed E-state index contributed by atoms with van der Waals surface area (Å²) in [4.78, 5) is 26.3. The highest BCUT2D eigenvalue weighted by Crippen LogP contribution is 2.33. The summed E-state index contributed by atoms with van der Waals surface area (Å²) in [6.07, 6.45) is -3.91. The minimum Gasteiger partial charge on any atom is -0.478 e. The third-order valence-corrected chi connectivity index (χ3v) is 6.07. The van der Waals surface area contributed by atoms with Crippen molar-refractivity contribution in [3.05, 3.63) is 82.0 Å². The van der Waals surface area contributed by atoms with E-state index in [-0.39, 0.29) is 18.0 Å². The lowest BCUT2D eigenvalue weighted by Crippen LogP contribution is -2.30. The molecule has 2 heterocycles. The highest BCUT2D eigenvalue weighted by Gasteiger charge is 2.33. The molecule has 1 unspecified atom stereocenters. The maximum Gasteiger partial charge on any atom is 0.416 e. The summed E-state index contributed by atoms with van der Waals surface area (Å²) in [5, 5.41) is 16.6. The number of aromatic nitrogens is 2. The number of anilines is 1. The first kappa shape index (κ1) is 24.3. The van der Waals surface area contributed by atoms with Gasteiger partial charge in [0.15, 0.2) is 0 Å². The molecule has 0 saturated carbocycles. The molecule has 1 aromatic heterocycles. The first-order chi connectivity index (χ1) is 16.6. The van der Waals surface area contributed by atoms with E-state index in [4.69, 9.17) is 5.11 Å². The van der Waals surface area contributed by atoms with Gasteiger partial charge in [0.05, 0.1) is 29.4 Å². The van der Waals surface area contributed by atoms with Crippen LogP contribution in [-0.2, 0) is 25.7 Å². The molecule has 0 aliphatic carbocycles. The van der Waals surface area contributed by atoms with Crippen LogP contribution in [0, 0.1) is 0 Å². The number of nitrogens with zero attached hydrogens (tertiary/aromatic N) is 3. The van der Waals surface area contributed by atoms with Crippen molar-refractivity contribution in [1.29, 1.82) is 0 Å². The summed E-state index contributed by atoms with van der Waals surface area (Å²) in [6, 6.07) is 11.0. The summed E-state index contributed by atoms with van der Waals surface area (Å²) in [5.74, 6) is -0.781. The zero-order valence-electron chi connectivity index (χ0n) is 19.3. The van der Waals surface area contributed by atoms with Gasteiger partial charge in [0.2, 0.25) is 0 Å². The summed E-state index contributed by atoms with van der Waals surface area (Å²) in [6.45, 7) is 4.95. The van der Waals surface area contributed by atoms with Crippen molar-refractivity contribution in [2.24, 2.45) is 0 Å². The average Bonchev–Trinajstić information content (AvgIpc) is 3.38. The van der Waals surface area contributed by atoms with Gasteiger partial charge in [-0.15, -0.1) is 0 Å². The number of hydrogen-bond acceptors (Lipinski definition) is 4. The molecule has 2 N–H and O–H groups in total. The van der Waals surface area contributed by atoms with Crippen LogP contribution < -0.4 is 10.2 Å². The van der Waals surface area contributed by atoms with Crippen molar-refractivity contribution >= 4 is 17.7 Å². The minimum atomic E-state index is -4.43. The lowest BCUT2D eigenvalue weighted by atomic mass is 10.0. The van der Waals surface area contributed by atoms with Crippen LogP contribution in [0.4, 0.5) is 19.0 Å². The molecule has 0 saturated heterocycles. The first-order valence-electron chi connectivity index (χ1n) is 11.2. The number of nitrogens with one attached hydrogen (secondary N) is 1. The molecular weight excluding hydrogens is 461 g/mol. The lowest BCUT2D eigenvalue weighted by Gasteiger charge is -2.21. The summed E-state index contributed by atoms with van der Waals surface area (Å²) < 4.78 is 41.2. The molecule has 2 aromatic carbocycles. The molecule has 10 heteroatoms. The van der Waals surface area contributed by atoms with E-state index in [0.717, 1.165) is 17.7 Å². The molecule has 184 valence electrons. The molecule has 7 nitrogen and oxygen atoms in total. The van der Waals surface area contributed by atoms with Gasteiger partial charge >= 0.3 is 12.1 Å². The van der Waals surface area contributed by atoms with Gasteiger partial charge in [-0.1, -0.05) is 31.2 Å². The van der Waals surface area contributed by atoms with Crippen LogP contribution in [0.3, 0.4) is 0 Å². The maximum absolute atomic E-state index is 13.4. The van der Waals surface area contributed by atoms with Crippen molar-refractivity contribution < 1.29 is 27.9 Å². The number of amides is 1. The zero-order chi connectivity index (χ0) is 25.3. The van der Waals surface area contributed by atoms with Crippen LogP contribution in [-0.4, -0.2) is 33.3 Å². The number of carbonyl (C=O) groups is 2. The average molecular weight is 486 g/mol. The van der Waals surface area contributed by atoms with Crippen molar-refractivity contribution in [2.45, 2.75) is 45.6 Å². The SMILES string of the molecule is CCc1nn2c(c1C(=O)NC(C)c1ccc(C(=O)O)cc1)N(Cc1cccc(C(F)(F)F)c1)CC2. The number of alkyl halides is 3. The molecule has 3 aromatic rings. The van der Waals surface area contributed by atoms with Gasteiger partial charge < -0.3 is 15.3 Å². The number of carbonyl (C=O) groups excluding carboxylic acids is 1. The largest absolute Gasteiger partial charge is 0.478 e. The van der Waals surface area contributed by atoms with Crippen molar-refractivity contribution in [3.63, 3.8) is 0 Å². The Morgan fingerprint density at radius 3 is 2.49 bits per heavy atom. The molecule has 35 heavy (non-hydrogen) atoms. The second kappa shape index (κ2) is 9.44. The Labute approximate surface area is 200 Å². The number of aromatic carboxylic acids is 1. The first-order valence-corrected chi connectivity index (χ1v) is 11.2. The molecule has 1 amide bonds. The third kappa shape index (κ3) is 5.01. The second-order valence-corrected chi connectivity index (χ2v) is 8.46. The van der Waals surface area contributed by atoms with Crippen molar-refractivity contribution in [3.8, 4) is 0 Å². The fourth-order valence-electron chi connectivity index (χ4n) is 4.27. The van der Waals surface area contributed by atoms with Crippen LogP contribution >= 0.6 is 0 Å². The standard InChI is InChI=1S/C25H25F3N4O3/c1-3-20-21(22(33)29-15(2)17-7-9-18(10-8-17)24(34)35)23-31(11-12-32(23)30-20)14-16-5-4-6-19(13-16)25(26,27)28/h4-10,13,15H,3,11-12,14H2,1-2H3,(H,29,33)(H,34,35). The molecule has 0 fully saturated rings. The van der Waals surface area contributed by atoms with E-state index in [0.29, 0.717) is 42.1 Å². The smallest absolute Gasteiger partial charge is 0.416 e. The highest BCUT2D eigenvalue weighted by molar-refractivity contribution is 6.00. The Bertz CT molecular complexity index is 1250. The van der Waals surface area contributed by atoms with Crippen LogP contribution in [0.2, 0.25) is 0 Å². The topological polar surface area (TPSA) is 87.5 Å². The molecular formula is C25H25F3N4O3. The van der Waals surface area contributed by atoms with Gasteiger partial charge in [-0.25, -0.2) is 9.48 Å². The van der Waals surface area contributed by atoms with Crippen LogP contribution in [0.5, 0.6) is 0 Å². The van der Waals surface area contributed by atoms with Crippen LogP contribution in [0.1, 0.15) is 63.0 Å². The Kier molecular flexibility index (Phi) is 6.56. The molecule has 1 aliphatic rings. The maximum atomic E-state index is 13.4. The molecule has 1 atom stereocenters. The zero-order valence-corrected chi connectivity index (χ0v) is 19.3. The van der Waals surface area contributed by atoms with Gasteiger partial charge in [-0.05, 0) is 48.7 Å². The van der Waals surface area contributed by atoms with E-state index in [1.54, 1.807) is 29.8 Å². The minimum absolute atomic E-state index is 0.153. The lowest BCUT2D eigenvalue weighted by molar-refractivity contribution is -0.137. The fourth-order valence-corrected chi connectivity index (χ4v) is 4.27. The highest BCUT2D eigenvalue weighted by atomic mass is 19.4. The normalized spacial score (nSPS) is 14.0. The second-order valence-electron chi connectivity index (χ2n) is 8.46. The summed E-state index contributed by atoms with van der Waals surface area (Å²) in [5.41, 5.74) is 1.69. The van der Waals surface area contributed by atoms with E-state index in [2.05, 4.69) is 10.4 Å². The molecule has 0 spiro atoms. The Balaban J connectivity index is 1.58. The molecule has 1 aliphatic heterocycles. The number of aryl methyl sites for hydroxylation is 1. The monoisotopic (exact) mass is 486 g/mol. The number of carboxylic acid groups (broad SMARTS) is 1. The molecule has 0 radical (unpaired) electrons. The van der Waals surface area contributed by atoms with E-state index in [1.807, 2.05) is 11.8 Å². The molecule has 0 bridgehead atoms. The Morgan fingerprint density at radius 2 is 1.86 bits per heavy atom. The predicted molar refractivity (Wildman–Crippen MR) is 123 cm³/mol. The quantitative estimate of drug-likeness (QED) is 0.507. The molecule has 4 rings (SSSR count). The van der Waals surface area contributed by atoms with E-state index in [9.17, 15) is 22.8 Å². The van der Waals surface area contributed by atoms with Crippen molar-refractivity contribution in [2.75, 3.05) is 11.4 Å². The number of fused-ring (bicyclic) bond motifs is 1. The Morgan fingerprint density at radius 1 is 1.14 bits per heavy atom. The van der Waals surface area contributed by atoms with E-state index < -0.39 is 23.8 Å².